The summed E-state index contributed by atoms with van der Waals surface area (Å²) < 4.78 is 70.0. The van der Waals surface area contributed by atoms with Crippen molar-refractivity contribution in [1.82, 2.24) is 0 Å². The van der Waals surface area contributed by atoms with Gasteiger partial charge in [0, 0.05) is 23.0 Å². The van der Waals surface area contributed by atoms with Crippen molar-refractivity contribution < 1.29 is 67.1 Å². The van der Waals surface area contributed by atoms with E-state index < -0.39 is 0 Å². The van der Waals surface area contributed by atoms with E-state index >= 15 is 0 Å². The normalized spacial score (nSPS) is 22.0. The maximum atomic E-state index is 8.65. The predicted molar refractivity (Wildman–Crippen MR) is 299 cm³/mol. The molecule has 14 heteroatoms. The van der Waals surface area contributed by atoms with E-state index in [2.05, 4.69) is 79.7 Å². The number of benzene rings is 2. The van der Waals surface area contributed by atoms with Crippen LogP contribution < -0.4 is 18.9 Å². The minimum Gasteiger partial charge on any atom is -0.491 e. The summed E-state index contributed by atoms with van der Waals surface area (Å²) in [7, 11) is 0. The van der Waals surface area contributed by atoms with Crippen LogP contribution in [0.25, 0.3) is 0 Å². The monoisotopic (exact) mass is 1070 g/mol. The van der Waals surface area contributed by atoms with Gasteiger partial charge in [0.1, 0.15) is 47.4 Å². The van der Waals surface area contributed by atoms with Crippen molar-refractivity contribution >= 4 is 0 Å². The highest BCUT2D eigenvalue weighted by atomic mass is 16.6. The Kier molecular flexibility index (Phi) is 30.2. The molecule has 2 aliphatic heterocycles. The van der Waals surface area contributed by atoms with Gasteiger partial charge in [-0.3, -0.25) is 0 Å². The van der Waals surface area contributed by atoms with Gasteiger partial charge in [-0.1, -0.05) is 66.2 Å². The zero-order chi connectivity index (χ0) is 54.4. The Morgan fingerprint density at radius 1 is 0.434 bits per heavy atom. The number of fused-ring (bicyclic) bond motifs is 6. The first kappa shape index (κ1) is 64.1. The van der Waals surface area contributed by atoms with Crippen molar-refractivity contribution in [1.29, 1.82) is 0 Å². The van der Waals surface area contributed by atoms with Gasteiger partial charge in [-0.05, 0) is 138 Å². The number of unbranched alkanes of at least 4 members (excludes halogenated alkanes) is 4. The van der Waals surface area contributed by atoms with Crippen molar-refractivity contribution in [3.8, 4) is 23.0 Å². The standard InChI is InChI=1S/2C31H52O7/c2*1-5-6-7-8-25-22-28(37-20-19-36-18-17-35-16-15-34-14-13-33-12-11-32)30-26-21-24(2)9-10-27(26)31(3,4)38-29(30)23-25/h2*22-24,26-27,32H,5-21H2,1-4H3/t24-,26+,27+;24-,26-,27-/m01/s1. The molecule has 0 spiro atoms. The van der Waals surface area contributed by atoms with E-state index in [4.69, 9.17) is 67.1 Å². The molecule has 2 aromatic carbocycles. The number of ether oxygens (including phenoxy) is 12. The third-order valence-electron chi connectivity index (χ3n) is 15.6. The van der Waals surface area contributed by atoms with E-state index in [-0.39, 0.29) is 24.4 Å². The molecule has 436 valence electrons. The maximum Gasteiger partial charge on any atom is 0.127 e. The second-order valence-corrected chi connectivity index (χ2v) is 22.6. The third kappa shape index (κ3) is 21.7. The van der Waals surface area contributed by atoms with Gasteiger partial charge in [-0.2, -0.15) is 0 Å². The van der Waals surface area contributed by atoms with E-state index in [1.807, 2.05) is 0 Å². The van der Waals surface area contributed by atoms with Crippen LogP contribution in [0.15, 0.2) is 24.3 Å². The van der Waals surface area contributed by atoms with Gasteiger partial charge in [-0.25, -0.2) is 0 Å². The van der Waals surface area contributed by atoms with E-state index in [1.165, 1.54) is 99.3 Å². The molecule has 0 saturated heterocycles. The first-order chi connectivity index (χ1) is 36.9. The highest BCUT2D eigenvalue weighted by Crippen LogP contribution is 2.57. The van der Waals surface area contributed by atoms with Crippen molar-refractivity contribution in [3.63, 3.8) is 0 Å². The average Bonchev–Trinajstić information content (AvgIpc) is 3.44. The summed E-state index contributed by atoms with van der Waals surface area (Å²) in [5, 5.41) is 17.3. The fourth-order valence-corrected chi connectivity index (χ4v) is 11.8. The summed E-state index contributed by atoms with van der Waals surface area (Å²) in [5.74, 6) is 7.51. The zero-order valence-electron chi connectivity index (χ0n) is 48.6. The zero-order valence-corrected chi connectivity index (χ0v) is 48.6. The van der Waals surface area contributed by atoms with Gasteiger partial charge >= 0.3 is 0 Å². The van der Waals surface area contributed by atoms with E-state index in [1.54, 1.807) is 0 Å². The summed E-state index contributed by atoms with van der Waals surface area (Å²) in [6.07, 6.45) is 16.8. The van der Waals surface area contributed by atoms with Crippen LogP contribution in [0.4, 0.5) is 0 Å². The molecule has 6 rings (SSSR count). The summed E-state index contributed by atoms with van der Waals surface area (Å²) >= 11 is 0. The Labute approximate surface area is 459 Å². The molecule has 2 aliphatic carbocycles. The first-order valence-electron chi connectivity index (χ1n) is 29.7. The lowest BCUT2D eigenvalue weighted by molar-refractivity contribution is -0.0161. The van der Waals surface area contributed by atoms with E-state index in [0.717, 1.165) is 47.7 Å². The number of hydrogen-bond acceptors (Lipinski definition) is 14. The Morgan fingerprint density at radius 2 is 0.750 bits per heavy atom. The van der Waals surface area contributed by atoms with Gasteiger partial charge in [-0.15, -0.1) is 0 Å². The minimum atomic E-state index is -0.154. The van der Waals surface area contributed by atoms with Crippen LogP contribution in [0.3, 0.4) is 0 Å². The average molecular weight is 1070 g/mol. The van der Waals surface area contributed by atoms with Crippen molar-refractivity contribution in [3.05, 3.63) is 46.5 Å². The summed E-state index contributed by atoms with van der Waals surface area (Å²) in [5.41, 5.74) is 4.87. The van der Waals surface area contributed by atoms with Crippen molar-refractivity contribution in [2.45, 2.75) is 168 Å². The van der Waals surface area contributed by atoms with Gasteiger partial charge < -0.3 is 67.1 Å². The van der Waals surface area contributed by atoms with Gasteiger partial charge in [0.2, 0.25) is 0 Å². The lowest BCUT2D eigenvalue weighted by atomic mass is 9.64. The van der Waals surface area contributed by atoms with Crippen LogP contribution in [-0.2, 0) is 50.7 Å². The lowest BCUT2D eigenvalue weighted by Gasteiger charge is -2.49. The molecule has 14 nitrogen and oxygen atoms in total. The van der Waals surface area contributed by atoms with Crippen molar-refractivity contribution in [2.24, 2.45) is 23.7 Å². The molecule has 2 aromatic rings. The number of hydrogen-bond donors (Lipinski definition) is 2. The highest BCUT2D eigenvalue weighted by molar-refractivity contribution is 5.54. The molecule has 2 fully saturated rings. The fraction of sp³-hybridized carbons (Fsp3) is 0.806. The summed E-state index contributed by atoms with van der Waals surface area (Å²) in [4.78, 5) is 0. The van der Waals surface area contributed by atoms with Gasteiger partial charge in [0.15, 0.2) is 0 Å². The third-order valence-corrected chi connectivity index (χ3v) is 15.6. The van der Waals surface area contributed by atoms with Gasteiger partial charge in [0.25, 0.3) is 0 Å². The van der Waals surface area contributed by atoms with Crippen LogP contribution in [0, 0.1) is 23.7 Å². The minimum absolute atomic E-state index is 0.0365. The fourth-order valence-electron chi connectivity index (χ4n) is 11.8. The highest BCUT2D eigenvalue weighted by Gasteiger charge is 2.48. The molecular formula is C62H104O14. The van der Waals surface area contributed by atoms with Crippen LogP contribution in [0.2, 0.25) is 0 Å². The molecule has 76 heavy (non-hydrogen) atoms. The molecule has 0 radical (unpaired) electrons. The van der Waals surface area contributed by atoms with Crippen LogP contribution in [-0.4, -0.2) is 154 Å². The Morgan fingerprint density at radius 3 is 1.07 bits per heavy atom. The Hall–Kier alpha value is -2.76. The molecule has 2 saturated carbocycles. The number of aliphatic hydroxyl groups excluding tert-OH is 2. The summed E-state index contributed by atoms with van der Waals surface area (Å²) in [6, 6.07) is 9.11. The lowest BCUT2D eigenvalue weighted by Crippen LogP contribution is -2.46. The quantitative estimate of drug-likeness (QED) is 0.0614. The largest absolute Gasteiger partial charge is 0.491 e. The van der Waals surface area contributed by atoms with Crippen molar-refractivity contribution in [2.75, 3.05) is 132 Å². The van der Waals surface area contributed by atoms with Crippen LogP contribution in [0.5, 0.6) is 23.0 Å². The molecule has 2 heterocycles. The topological polar surface area (TPSA) is 151 Å². The second kappa shape index (κ2) is 35.8. The van der Waals surface area contributed by atoms with Crippen LogP contribution in [0.1, 0.15) is 167 Å². The number of aryl methyl sites for hydroxylation is 2. The SMILES string of the molecule is CCCCCc1cc(OCCOCCOCCOCCOCCO)c2c(c1)OC(C)(C)[C@@H]1CC[C@@H](C)C[C@@H]21.CCCCCc1cc(OCCOCCOCCOCCOCCO)c2c(c1)OC(C)(C)[C@@H]1CC[C@H](C)C[C@@H]21. The molecule has 0 aromatic heterocycles. The first-order valence-corrected chi connectivity index (χ1v) is 29.7. The second-order valence-electron chi connectivity index (χ2n) is 22.6. The molecule has 0 bridgehead atoms. The smallest absolute Gasteiger partial charge is 0.127 e. The maximum absolute atomic E-state index is 8.65. The predicted octanol–water partition coefficient (Wildman–Crippen LogP) is 11.1. The molecule has 0 unspecified atom stereocenters. The Balaban J connectivity index is 0.000000281. The molecule has 0 amide bonds. The Bertz CT molecular complexity index is 1720. The molecule has 4 aliphatic rings. The molecular weight excluding hydrogens is 969 g/mol. The number of aliphatic hydroxyl groups is 2. The van der Waals surface area contributed by atoms with E-state index in [0.29, 0.717) is 143 Å². The summed E-state index contributed by atoms with van der Waals surface area (Å²) in [6.45, 7) is 27.3. The molecule has 2 N–H and O–H groups in total. The van der Waals surface area contributed by atoms with Gasteiger partial charge in [0.05, 0.1) is 119 Å². The molecule has 6 atom stereocenters. The van der Waals surface area contributed by atoms with E-state index in [9.17, 15) is 0 Å². The number of rotatable bonds is 38. The van der Waals surface area contributed by atoms with Crippen LogP contribution >= 0.6 is 0 Å².